The molecule has 2 heterocycles. The van der Waals surface area contributed by atoms with Gasteiger partial charge in [0, 0.05) is 35.0 Å². The van der Waals surface area contributed by atoms with E-state index < -0.39 is 5.97 Å². The van der Waals surface area contributed by atoms with Crippen LogP contribution < -0.4 is 5.32 Å². The highest BCUT2D eigenvalue weighted by Gasteiger charge is 2.34. The topological polar surface area (TPSA) is 75.7 Å². The molecule has 0 spiro atoms. The lowest BCUT2D eigenvalue weighted by molar-refractivity contribution is -0.130. The summed E-state index contributed by atoms with van der Waals surface area (Å²) in [5, 5.41) is 3.89. The highest BCUT2D eigenvalue weighted by atomic mass is 32.1. The molecular weight excluding hydrogens is 388 g/mol. The first-order chi connectivity index (χ1) is 14.1. The number of hydrogen-bond donors (Lipinski definition) is 1. The lowest BCUT2D eigenvalue weighted by Crippen LogP contribution is -2.40. The molecule has 0 unspecified atom stereocenters. The molecule has 4 rings (SSSR count). The number of fused-ring (bicyclic) bond motifs is 1. The number of hydrogen-bond acceptors (Lipinski definition) is 5. The summed E-state index contributed by atoms with van der Waals surface area (Å²) in [6.45, 7) is 2.91. The van der Waals surface area contributed by atoms with Gasteiger partial charge in [-0.3, -0.25) is 9.59 Å². The van der Waals surface area contributed by atoms with Gasteiger partial charge < -0.3 is 15.0 Å². The summed E-state index contributed by atoms with van der Waals surface area (Å²) in [5.41, 5.74) is 0.561. The van der Waals surface area contributed by atoms with Crippen molar-refractivity contribution in [2.24, 2.45) is 5.92 Å². The largest absolute Gasteiger partial charge is 0.462 e. The van der Waals surface area contributed by atoms with Crippen LogP contribution in [0.15, 0.2) is 24.3 Å². The Labute approximate surface area is 174 Å². The van der Waals surface area contributed by atoms with Crippen LogP contribution in [0.4, 0.5) is 5.69 Å². The average molecular weight is 415 g/mol. The maximum absolute atomic E-state index is 13.0. The summed E-state index contributed by atoms with van der Waals surface area (Å²) >= 11 is 1.34. The molecule has 2 amide bonds. The number of nitrogens with zero attached hydrogens (tertiary/aromatic N) is 1. The van der Waals surface area contributed by atoms with Crippen LogP contribution in [0, 0.1) is 5.92 Å². The Kier molecular flexibility index (Phi) is 5.85. The van der Waals surface area contributed by atoms with Gasteiger partial charge in [0.15, 0.2) is 0 Å². The zero-order valence-electron chi connectivity index (χ0n) is 16.6. The number of esters is 1. The van der Waals surface area contributed by atoms with E-state index in [0.717, 1.165) is 48.7 Å². The number of carbonyl (C=O) groups is 3. The number of rotatable bonds is 5. The minimum Gasteiger partial charge on any atom is -0.462 e. The van der Waals surface area contributed by atoms with Crippen LogP contribution in [0.5, 0.6) is 0 Å². The van der Waals surface area contributed by atoms with E-state index in [9.17, 15) is 14.4 Å². The molecule has 29 heavy (non-hydrogen) atoms. The summed E-state index contributed by atoms with van der Waals surface area (Å²) in [5.74, 6) is -0.301. The molecule has 2 aromatic rings. The third-order valence-corrected chi connectivity index (χ3v) is 7.07. The quantitative estimate of drug-likeness (QED) is 0.744. The van der Waals surface area contributed by atoms with Crippen LogP contribution in [0.1, 0.15) is 55.1 Å². The van der Waals surface area contributed by atoms with Crippen LogP contribution >= 0.6 is 11.3 Å². The predicted octanol–water partition coefficient (Wildman–Crippen LogP) is 4.20. The van der Waals surface area contributed by atoms with Gasteiger partial charge >= 0.3 is 5.97 Å². The zero-order valence-corrected chi connectivity index (χ0v) is 17.4. The predicted molar refractivity (Wildman–Crippen MR) is 113 cm³/mol. The highest BCUT2D eigenvalue weighted by molar-refractivity contribution is 7.21. The smallest absolute Gasteiger partial charge is 0.350 e. The summed E-state index contributed by atoms with van der Waals surface area (Å²) in [4.78, 5) is 39.8. The Balaban J connectivity index is 1.47. The van der Waals surface area contributed by atoms with Crippen molar-refractivity contribution in [3.8, 4) is 0 Å². The molecule has 1 aromatic heterocycles. The second-order valence-corrected chi connectivity index (χ2v) is 8.76. The van der Waals surface area contributed by atoms with E-state index in [1.807, 2.05) is 29.2 Å². The molecule has 0 atom stereocenters. The summed E-state index contributed by atoms with van der Waals surface area (Å²) in [6.07, 6.45) is 4.84. The van der Waals surface area contributed by atoms with Gasteiger partial charge in [-0.15, -0.1) is 11.3 Å². The van der Waals surface area contributed by atoms with Gasteiger partial charge in [0.1, 0.15) is 4.88 Å². The first kappa shape index (κ1) is 19.9. The summed E-state index contributed by atoms with van der Waals surface area (Å²) < 4.78 is 6.14. The standard InChI is InChI=1S/C22H26N2O4S/c1-2-28-22(27)20-19(16-6-3-4-7-17(16)29-20)23-21(26)14-9-11-15(12-10-14)24-13-5-8-18(24)25/h3-4,6-7,14-15H,2,5,8-13H2,1H3,(H,23,26). The number of nitrogens with one attached hydrogen (secondary N) is 1. The third-order valence-electron chi connectivity index (χ3n) is 5.92. The molecule has 0 radical (unpaired) electrons. The first-order valence-electron chi connectivity index (χ1n) is 10.4. The van der Waals surface area contributed by atoms with E-state index in [1.165, 1.54) is 11.3 Å². The van der Waals surface area contributed by atoms with Gasteiger partial charge in [0.2, 0.25) is 11.8 Å². The molecule has 7 heteroatoms. The Morgan fingerprint density at radius 3 is 2.66 bits per heavy atom. The number of likely N-dealkylation sites (tertiary alicyclic amines) is 1. The minimum absolute atomic E-state index is 0.0506. The van der Waals surface area contributed by atoms with Crippen molar-refractivity contribution >= 4 is 44.9 Å². The Bertz CT molecular complexity index is 930. The maximum Gasteiger partial charge on any atom is 0.350 e. The molecule has 2 aliphatic rings. The number of thiophene rings is 1. The van der Waals surface area contributed by atoms with E-state index in [0.29, 0.717) is 23.6 Å². The SMILES string of the molecule is CCOC(=O)c1sc2ccccc2c1NC(=O)C1CCC(N2CCCC2=O)CC1. The third kappa shape index (κ3) is 4.01. The van der Waals surface area contributed by atoms with Gasteiger partial charge in [-0.25, -0.2) is 4.79 Å². The van der Waals surface area contributed by atoms with Crippen LogP contribution in [-0.4, -0.2) is 41.9 Å². The average Bonchev–Trinajstić information content (AvgIpc) is 3.32. The molecule has 0 bridgehead atoms. The fourth-order valence-corrected chi connectivity index (χ4v) is 5.49. The van der Waals surface area contributed by atoms with Crippen molar-refractivity contribution in [1.29, 1.82) is 0 Å². The molecule has 1 aromatic carbocycles. The Morgan fingerprint density at radius 2 is 1.97 bits per heavy atom. The fraction of sp³-hybridized carbons (Fsp3) is 0.500. The molecule has 6 nitrogen and oxygen atoms in total. The van der Waals surface area contributed by atoms with Crippen molar-refractivity contribution in [3.63, 3.8) is 0 Å². The number of carbonyl (C=O) groups excluding carboxylic acids is 3. The second-order valence-electron chi connectivity index (χ2n) is 7.71. The van der Waals surface area contributed by atoms with Gasteiger partial charge in [0.05, 0.1) is 12.3 Å². The maximum atomic E-state index is 13.0. The summed E-state index contributed by atoms with van der Waals surface area (Å²) in [6, 6.07) is 7.95. The normalized spacial score (nSPS) is 22.1. The molecule has 1 aliphatic heterocycles. The fourth-order valence-electron chi connectivity index (χ4n) is 4.44. The van der Waals surface area contributed by atoms with E-state index in [2.05, 4.69) is 5.32 Å². The van der Waals surface area contributed by atoms with Crippen molar-refractivity contribution in [3.05, 3.63) is 29.1 Å². The van der Waals surface area contributed by atoms with Crippen molar-refractivity contribution in [1.82, 2.24) is 4.90 Å². The van der Waals surface area contributed by atoms with Gasteiger partial charge in [-0.05, 0) is 45.1 Å². The Hall–Kier alpha value is -2.41. The highest BCUT2D eigenvalue weighted by Crippen LogP contribution is 2.37. The first-order valence-corrected chi connectivity index (χ1v) is 11.2. The number of ether oxygens (including phenoxy) is 1. The molecule has 1 saturated carbocycles. The molecule has 2 fully saturated rings. The van der Waals surface area contributed by atoms with Crippen LogP contribution in [0.2, 0.25) is 0 Å². The van der Waals surface area contributed by atoms with Crippen molar-refractivity contribution in [2.45, 2.75) is 51.5 Å². The lowest BCUT2D eigenvalue weighted by atomic mass is 9.84. The van der Waals surface area contributed by atoms with Crippen LogP contribution in [0.3, 0.4) is 0 Å². The number of anilines is 1. The zero-order chi connectivity index (χ0) is 20.4. The molecule has 154 valence electrons. The van der Waals surface area contributed by atoms with Crippen LogP contribution in [-0.2, 0) is 14.3 Å². The number of amides is 2. The van der Waals surface area contributed by atoms with Crippen LogP contribution in [0.25, 0.3) is 10.1 Å². The van der Waals surface area contributed by atoms with Gasteiger partial charge in [-0.2, -0.15) is 0 Å². The Morgan fingerprint density at radius 1 is 1.21 bits per heavy atom. The van der Waals surface area contributed by atoms with Crippen molar-refractivity contribution < 1.29 is 19.1 Å². The van der Waals surface area contributed by atoms with E-state index in [1.54, 1.807) is 6.92 Å². The minimum atomic E-state index is -0.403. The summed E-state index contributed by atoms with van der Waals surface area (Å²) in [7, 11) is 0. The lowest BCUT2D eigenvalue weighted by Gasteiger charge is -2.34. The number of benzene rings is 1. The van der Waals surface area contributed by atoms with E-state index in [4.69, 9.17) is 4.74 Å². The molecular formula is C22H26N2O4S. The van der Waals surface area contributed by atoms with Gasteiger partial charge in [0.25, 0.3) is 0 Å². The van der Waals surface area contributed by atoms with E-state index >= 15 is 0 Å². The monoisotopic (exact) mass is 414 g/mol. The molecule has 1 aliphatic carbocycles. The second kappa shape index (κ2) is 8.53. The molecule has 1 saturated heterocycles. The van der Waals surface area contributed by atoms with Crippen molar-refractivity contribution in [2.75, 3.05) is 18.5 Å². The van der Waals surface area contributed by atoms with E-state index in [-0.39, 0.29) is 23.8 Å². The molecule has 1 N–H and O–H groups in total. The van der Waals surface area contributed by atoms with Gasteiger partial charge in [-0.1, -0.05) is 18.2 Å².